The molecule has 0 unspecified atom stereocenters. The van der Waals surface area contributed by atoms with Gasteiger partial charge in [0.05, 0.1) is 24.8 Å². The van der Waals surface area contributed by atoms with E-state index in [1.54, 1.807) is 46.0 Å². The number of benzene rings is 2. The quantitative estimate of drug-likeness (QED) is 0.273. The molecule has 0 saturated heterocycles. The maximum Gasteiger partial charge on any atom is 0.342 e. The van der Waals surface area contributed by atoms with E-state index in [1.807, 2.05) is 13.8 Å². The van der Waals surface area contributed by atoms with Crippen molar-refractivity contribution in [1.29, 1.82) is 0 Å². The van der Waals surface area contributed by atoms with Crippen molar-refractivity contribution in [2.45, 2.75) is 79.4 Å². The maximum absolute atomic E-state index is 15.8. The number of rotatable bonds is 10. The lowest BCUT2D eigenvalue weighted by molar-refractivity contribution is -0.143. The van der Waals surface area contributed by atoms with E-state index >= 15 is 4.39 Å². The third kappa shape index (κ3) is 7.68. The Labute approximate surface area is 256 Å². The van der Waals surface area contributed by atoms with Gasteiger partial charge in [0.25, 0.3) is 0 Å². The zero-order valence-electron chi connectivity index (χ0n) is 26.1. The smallest absolute Gasteiger partial charge is 0.342 e. The van der Waals surface area contributed by atoms with Crippen LogP contribution in [0.3, 0.4) is 0 Å². The summed E-state index contributed by atoms with van der Waals surface area (Å²) in [4.78, 5) is 39.7. The molecule has 2 amide bonds. The standard InChI is InChI=1S/C33H41F2N5O4/c1-7-44-29(41)15-26(25-14-23(11-21(6)31(25)35)30-19(4)12-24(34)13-20(30)5)37-32(42)27(10-18(2)3)38-33(43)40-17-22-8-9-36-16-28(22)39-40/h11-14,17-18,26-27,36H,7-10,15-16H2,1-6H3,(H,37,42)(H,38,43)/t26-,27-/m0/s1. The Kier molecular flexibility index (Phi) is 10.5. The van der Waals surface area contributed by atoms with Crippen LogP contribution in [-0.4, -0.2) is 46.9 Å². The molecule has 44 heavy (non-hydrogen) atoms. The van der Waals surface area contributed by atoms with E-state index in [1.165, 1.54) is 16.8 Å². The van der Waals surface area contributed by atoms with E-state index < -0.39 is 35.8 Å². The van der Waals surface area contributed by atoms with E-state index in [-0.39, 0.29) is 30.3 Å². The van der Waals surface area contributed by atoms with Gasteiger partial charge in [-0.05, 0) is 111 Å². The summed E-state index contributed by atoms with van der Waals surface area (Å²) in [5.74, 6) is -2.12. The number of halogens is 2. The van der Waals surface area contributed by atoms with Crippen LogP contribution in [0.15, 0.2) is 30.5 Å². The normalized spacial score (nSPS) is 14.1. The Bertz CT molecular complexity index is 1500. The Morgan fingerprint density at radius 2 is 1.75 bits per heavy atom. The molecule has 3 N–H and O–H groups in total. The highest BCUT2D eigenvalue weighted by molar-refractivity contribution is 5.88. The molecule has 0 saturated carbocycles. The summed E-state index contributed by atoms with van der Waals surface area (Å²) in [5.41, 5.74) is 4.83. The van der Waals surface area contributed by atoms with Gasteiger partial charge in [0.15, 0.2) is 0 Å². The molecule has 236 valence electrons. The number of hydrogen-bond donors (Lipinski definition) is 3. The molecule has 11 heteroatoms. The minimum absolute atomic E-state index is 0.0244. The van der Waals surface area contributed by atoms with Crippen LogP contribution in [0.1, 0.15) is 73.2 Å². The van der Waals surface area contributed by atoms with E-state index in [9.17, 15) is 18.8 Å². The summed E-state index contributed by atoms with van der Waals surface area (Å²) in [5, 5.41) is 13.2. The van der Waals surface area contributed by atoms with Crippen molar-refractivity contribution in [3.63, 3.8) is 0 Å². The summed E-state index contributed by atoms with van der Waals surface area (Å²) in [6.07, 6.45) is 2.38. The highest BCUT2D eigenvalue weighted by Gasteiger charge is 2.30. The maximum atomic E-state index is 15.8. The number of aryl methyl sites for hydroxylation is 3. The van der Waals surface area contributed by atoms with Gasteiger partial charge in [0.1, 0.15) is 17.7 Å². The lowest BCUT2D eigenvalue weighted by Gasteiger charge is -2.25. The van der Waals surface area contributed by atoms with Crippen molar-refractivity contribution in [1.82, 2.24) is 25.7 Å². The van der Waals surface area contributed by atoms with Crippen LogP contribution in [0.5, 0.6) is 0 Å². The molecule has 2 heterocycles. The van der Waals surface area contributed by atoms with E-state index in [2.05, 4.69) is 21.0 Å². The first kappa shape index (κ1) is 32.8. The van der Waals surface area contributed by atoms with Crippen LogP contribution in [0.2, 0.25) is 0 Å². The fraction of sp³-hybridized carbons (Fsp3) is 0.455. The van der Waals surface area contributed by atoms with Gasteiger partial charge >= 0.3 is 12.0 Å². The van der Waals surface area contributed by atoms with E-state index in [4.69, 9.17) is 4.74 Å². The number of fused-ring (bicyclic) bond motifs is 1. The predicted octanol–water partition coefficient (Wildman–Crippen LogP) is 5.18. The summed E-state index contributed by atoms with van der Waals surface area (Å²) < 4.78 is 36.2. The van der Waals surface area contributed by atoms with Gasteiger partial charge in [-0.2, -0.15) is 9.78 Å². The Hall–Kier alpha value is -4.12. The van der Waals surface area contributed by atoms with Crippen molar-refractivity contribution in [2.24, 2.45) is 5.92 Å². The highest BCUT2D eigenvalue weighted by Crippen LogP contribution is 2.34. The van der Waals surface area contributed by atoms with Crippen LogP contribution in [0, 0.1) is 38.3 Å². The van der Waals surface area contributed by atoms with Gasteiger partial charge in [-0.1, -0.05) is 13.8 Å². The van der Waals surface area contributed by atoms with Crippen LogP contribution in [0.4, 0.5) is 13.6 Å². The lowest BCUT2D eigenvalue weighted by atomic mass is 9.90. The predicted molar refractivity (Wildman–Crippen MR) is 163 cm³/mol. The fourth-order valence-corrected chi connectivity index (χ4v) is 5.71. The molecule has 1 aromatic heterocycles. The topological polar surface area (TPSA) is 114 Å². The van der Waals surface area contributed by atoms with Crippen LogP contribution in [0.25, 0.3) is 11.1 Å². The summed E-state index contributed by atoms with van der Waals surface area (Å²) in [7, 11) is 0. The number of aromatic nitrogens is 2. The Morgan fingerprint density at radius 1 is 1.05 bits per heavy atom. The third-order valence-corrected chi connectivity index (χ3v) is 7.71. The number of carbonyl (C=O) groups is 3. The van der Waals surface area contributed by atoms with E-state index in [0.29, 0.717) is 35.2 Å². The number of carbonyl (C=O) groups excluding carboxylic acids is 3. The molecule has 0 bridgehead atoms. The largest absolute Gasteiger partial charge is 0.466 e. The number of hydrogen-bond acceptors (Lipinski definition) is 6. The zero-order chi connectivity index (χ0) is 32.1. The molecular formula is C33H41F2N5O4. The van der Waals surface area contributed by atoms with Crippen molar-refractivity contribution >= 4 is 17.9 Å². The van der Waals surface area contributed by atoms with Crippen molar-refractivity contribution in [3.8, 4) is 11.1 Å². The summed E-state index contributed by atoms with van der Waals surface area (Å²) in [6, 6.07) is 3.41. The number of nitrogens with zero attached hydrogens (tertiary/aromatic N) is 2. The molecule has 0 radical (unpaired) electrons. The molecule has 4 rings (SSSR count). The van der Waals surface area contributed by atoms with Gasteiger partial charge in [0.2, 0.25) is 5.91 Å². The second-order valence-electron chi connectivity index (χ2n) is 11.8. The third-order valence-electron chi connectivity index (χ3n) is 7.71. The molecular weight excluding hydrogens is 568 g/mol. The van der Waals surface area contributed by atoms with Crippen molar-refractivity contribution in [3.05, 3.63) is 75.6 Å². The average molecular weight is 610 g/mol. The molecule has 1 aliphatic rings. The summed E-state index contributed by atoms with van der Waals surface area (Å²) in [6.45, 7) is 12.1. The number of ether oxygens (including phenoxy) is 1. The highest BCUT2D eigenvalue weighted by atomic mass is 19.1. The number of amides is 2. The lowest BCUT2D eigenvalue weighted by Crippen LogP contribution is -2.49. The van der Waals surface area contributed by atoms with Crippen molar-refractivity contribution in [2.75, 3.05) is 13.2 Å². The van der Waals surface area contributed by atoms with Crippen LogP contribution >= 0.6 is 0 Å². The van der Waals surface area contributed by atoms with Gasteiger partial charge < -0.3 is 20.7 Å². The van der Waals surface area contributed by atoms with Crippen LogP contribution in [-0.2, 0) is 27.3 Å². The molecule has 1 aliphatic heterocycles. The van der Waals surface area contributed by atoms with Gasteiger partial charge in [-0.25, -0.2) is 13.6 Å². The molecule has 3 aromatic rings. The summed E-state index contributed by atoms with van der Waals surface area (Å²) >= 11 is 0. The molecule has 9 nitrogen and oxygen atoms in total. The van der Waals surface area contributed by atoms with Crippen LogP contribution < -0.4 is 16.0 Å². The van der Waals surface area contributed by atoms with Gasteiger partial charge in [-0.15, -0.1) is 0 Å². The first-order chi connectivity index (χ1) is 20.9. The average Bonchev–Trinajstić information content (AvgIpc) is 3.38. The van der Waals surface area contributed by atoms with E-state index in [0.717, 1.165) is 29.8 Å². The number of nitrogens with one attached hydrogen (secondary N) is 3. The molecule has 2 aromatic carbocycles. The SMILES string of the molecule is CCOC(=O)C[C@H](NC(=O)[C@H](CC(C)C)NC(=O)n1cc2c(n1)CNCC2)c1cc(-c2c(C)cc(F)cc2C)cc(C)c1F. The number of esters is 1. The molecule has 2 atom stereocenters. The minimum atomic E-state index is -1.10. The second-order valence-corrected chi connectivity index (χ2v) is 11.8. The van der Waals surface area contributed by atoms with Crippen molar-refractivity contribution < 1.29 is 27.9 Å². The monoisotopic (exact) mass is 609 g/mol. The van der Waals surface area contributed by atoms with Gasteiger partial charge in [0, 0.05) is 18.3 Å². The Balaban J connectivity index is 1.67. The minimum Gasteiger partial charge on any atom is -0.466 e. The molecule has 0 aliphatic carbocycles. The Morgan fingerprint density at radius 3 is 2.39 bits per heavy atom. The first-order valence-corrected chi connectivity index (χ1v) is 15.0. The first-order valence-electron chi connectivity index (χ1n) is 15.0. The van der Waals surface area contributed by atoms with Gasteiger partial charge in [-0.3, -0.25) is 9.59 Å². The molecule has 0 spiro atoms. The molecule has 0 fully saturated rings. The fourth-order valence-electron chi connectivity index (χ4n) is 5.71. The zero-order valence-corrected chi connectivity index (χ0v) is 26.1. The second kappa shape index (κ2) is 14.1.